The third-order valence-corrected chi connectivity index (χ3v) is 4.71. The number of alkyl halides is 2. The predicted molar refractivity (Wildman–Crippen MR) is 102 cm³/mol. The molecule has 1 fully saturated rings. The molecule has 28 heavy (non-hydrogen) atoms. The Kier molecular flexibility index (Phi) is 5.54. The first kappa shape index (κ1) is 19.7. The zero-order valence-corrected chi connectivity index (χ0v) is 15.8. The largest absolute Gasteiger partial charge is 0.356 e. The molecule has 1 aliphatic heterocycles. The first-order valence-electron chi connectivity index (χ1n) is 9.07. The maximum absolute atomic E-state index is 13.8. The summed E-state index contributed by atoms with van der Waals surface area (Å²) in [5.41, 5.74) is 2.34. The molecule has 1 N–H and O–H groups in total. The number of carbonyl (C=O) groups is 1. The number of carbonyl (C=O) groups excluding carboxylic acids is 1. The third-order valence-electron chi connectivity index (χ3n) is 4.71. The van der Waals surface area contributed by atoms with Crippen molar-refractivity contribution in [1.29, 1.82) is 5.26 Å². The molecule has 0 radical (unpaired) electrons. The van der Waals surface area contributed by atoms with Gasteiger partial charge in [-0.25, -0.2) is 13.8 Å². The highest BCUT2D eigenvalue weighted by Crippen LogP contribution is 2.32. The van der Waals surface area contributed by atoms with Crippen LogP contribution in [-0.2, 0) is 0 Å². The van der Waals surface area contributed by atoms with Gasteiger partial charge < -0.3 is 10.2 Å². The Morgan fingerprint density at radius 3 is 2.79 bits per heavy atom. The lowest BCUT2D eigenvalue weighted by atomic mass is 10.1. The second-order valence-corrected chi connectivity index (χ2v) is 6.97. The fourth-order valence-electron chi connectivity index (χ4n) is 3.32. The summed E-state index contributed by atoms with van der Waals surface area (Å²) in [6.07, 6.45) is 1.37. The highest BCUT2D eigenvalue weighted by atomic mass is 19.3. The minimum Gasteiger partial charge on any atom is -0.356 e. The second kappa shape index (κ2) is 7.89. The number of aryl methyl sites for hydroxylation is 2. The minimum absolute atomic E-state index is 0.0724. The van der Waals surface area contributed by atoms with Crippen molar-refractivity contribution >= 4 is 17.4 Å². The van der Waals surface area contributed by atoms with E-state index in [-0.39, 0.29) is 37.3 Å². The number of halogens is 2. The van der Waals surface area contributed by atoms with Gasteiger partial charge in [0.1, 0.15) is 17.6 Å². The number of aromatic nitrogens is 2. The Labute approximate surface area is 162 Å². The van der Waals surface area contributed by atoms with E-state index in [4.69, 9.17) is 0 Å². The second-order valence-electron chi connectivity index (χ2n) is 6.97. The molecule has 0 spiro atoms. The summed E-state index contributed by atoms with van der Waals surface area (Å²) in [4.78, 5) is 23.1. The average Bonchev–Trinajstić information content (AvgIpc) is 2.81. The number of nitrogens with zero attached hydrogens (tertiary/aromatic N) is 4. The molecule has 0 aromatic carbocycles. The lowest BCUT2D eigenvalue weighted by molar-refractivity contribution is -0.0102. The molecule has 0 saturated carbocycles. The van der Waals surface area contributed by atoms with Gasteiger partial charge in [-0.05, 0) is 44.0 Å². The lowest BCUT2D eigenvalue weighted by Gasteiger charge is -2.25. The first-order chi connectivity index (χ1) is 13.3. The van der Waals surface area contributed by atoms with Gasteiger partial charge in [-0.3, -0.25) is 9.78 Å². The van der Waals surface area contributed by atoms with Crippen LogP contribution in [-0.4, -0.2) is 34.9 Å². The lowest BCUT2D eigenvalue weighted by Crippen LogP contribution is -2.30. The summed E-state index contributed by atoms with van der Waals surface area (Å²) in [7, 11) is 0. The van der Waals surface area contributed by atoms with Crippen molar-refractivity contribution in [2.45, 2.75) is 39.0 Å². The van der Waals surface area contributed by atoms with Gasteiger partial charge in [0.15, 0.2) is 0 Å². The summed E-state index contributed by atoms with van der Waals surface area (Å²) >= 11 is 0. The van der Waals surface area contributed by atoms with Crippen molar-refractivity contribution in [2.24, 2.45) is 0 Å². The molecule has 3 rings (SSSR count). The number of amides is 1. The Balaban J connectivity index is 1.98. The normalized spacial score (nSPS) is 16.2. The van der Waals surface area contributed by atoms with Crippen LogP contribution in [0.4, 0.5) is 20.3 Å². The number of nitrogens with one attached hydrogen (secondary N) is 1. The van der Waals surface area contributed by atoms with Gasteiger partial charge in [-0.1, -0.05) is 0 Å². The van der Waals surface area contributed by atoms with E-state index in [2.05, 4.69) is 15.3 Å². The summed E-state index contributed by atoms with van der Waals surface area (Å²) in [6.45, 7) is 3.95. The summed E-state index contributed by atoms with van der Waals surface area (Å²) < 4.78 is 27.6. The topological polar surface area (TPSA) is 81.9 Å². The van der Waals surface area contributed by atoms with Crippen LogP contribution >= 0.6 is 0 Å². The van der Waals surface area contributed by atoms with Crippen molar-refractivity contribution in [2.75, 3.05) is 23.3 Å². The standard InChI is InChI=1S/C20H21F2N5O/c1-13-10-16(12-23)25-18(27-8-3-5-20(21,22)6-9-27)17(13)19(28)26-15-4-7-24-14(2)11-15/h4,7,10-11H,3,5-6,8-9H2,1-2H3,(H,24,26,28). The van der Waals surface area contributed by atoms with Crippen LogP contribution in [0, 0.1) is 25.2 Å². The molecule has 1 amide bonds. The molecule has 3 heterocycles. The Hall–Kier alpha value is -3.08. The van der Waals surface area contributed by atoms with Crippen molar-refractivity contribution in [3.63, 3.8) is 0 Å². The van der Waals surface area contributed by atoms with E-state index in [0.29, 0.717) is 23.4 Å². The zero-order valence-electron chi connectivity index (χ0n) is 15.8. The fraction of sp³-hybridized carbons (Fsp3) is 0.400. The van der Waals surface area contributed by atoms with Gasteiger partial charge in [0.2, 0.25) is 5.92 Å². The minimum atomic E-state index is -2.73. The molecule has 8 heteroatoms. The molecule has 0 bridgehead atoms. The van der Waals surface area contributed by atoms with Gasteiger partial charge in [0.05, 0.1) is 5.56 Å². The Morgan fingerprint density at radius 2 is 2.07 bits per heavy atom. The maximum atomic E-state index is 13.8. The van der Waals surface area contributed by atoms with Crippen molar-refractivity contribution in [3.05, 3.63) is 46.9 Å². The third kappa shape index (κ3) is 4.42. The molecule has 1 aliphatic rings. The van der Waals surface area contributed by atoms with E-state index in [1.54, 1.807) is 30.2 Å². The van der Waals surface area contributed by atoms with E-state index in [1.165, 1.54) is 6.07 Å². The van der Waals surface area contributed by atoms with Gasteiger partial charge in [0, 0.05) is 43.5 Å². The molecule has 0 unspecified atom stereocenters. The molecule has 1 saturated heterocycles. The van der Waals surface area contributed by atoms with Crippen LogP contribution in [0.3, 0.4) is 0 Å². The number of anilines is 2. The van der Waals surface area contributed by atoms with Gasteiger partial charge in [-0.2, -0.15) is 5.26 Å². The van der Waals surface area contributed by atoms with Gasteiger partial charge >= 0.3 is 0 Å². The van der Waals surface area contributed by atoms with Crippen molar-refractivity contribution < 1.29 is 13.6 Å². The fourth-order valence-corrected chi connectivity index (χ4v) is 3.32. The number of nitriles is 1. The van der Waals surface area contributed by atoms with Crippen LogP contribution in [0.1, 0.15) is 46.6 Å². The smallest absolute Gasteiger partial charge is 0.259 e. The zero-order chi connectivity index (χ0) is 20.3. The van der Waals surface area contributed by atoms with Crippen molar-refractivity contribution in [3.8, 4) is 6.07 Å². The Bertz CT molecular complexity index is 939. The van der Waals surface area contributed by atoms with E-state index >= 15 is 0 Å². The number of pyridine rings is 2. The molecule has 146 valence electrons. The quantitative estimate of drug-likeness (QED) is 0.868. The summed E-state index contributed by atoms with van der Waals surface area (Å²) in [5.74, 6) is -2.85. The van der Waals surface area contributed by atoms with Crippen LogP contribution in [0.25, 0.3) is 0 Å². The van der Waals surface area contributed by atoms with Crippen LogP contribution in [0.5, 0.6) is 0 Å². The molecule has 2 aromatic heterocycles. The monoisotopic (exact) mass is 385 g/mol. The van der Waals surface area contributed by atoms with E-state index in [1.807, 2.05) is 13.0 Å². The highest BCUT2D eigenvalue weighted by Gasteiger charge is 2.33. The molecular weight excluding hydrogens is 364 g/mol. The maximum Gasteiger partial charge on any atom is 0.259 e. The van der Waals surface area contributed by atoms with Crippen LogP contribution in [0.2, 0.25) is 0 Å². The number of hydrogen-bond acceptors (Lipinski definition) is 5. The van der Waals surface area contributed by atoms with E-state index < -0.39 is 11.8 Å². The Morgan fingerprint density at radius 1 is 1.29 bits per heavy atom. The summed E-state index contributed by atoms with van der Waals surface area (Å²) in [5, 5.41) is 12.1. The number of hydrogen-bond donors (Lipinski definition) is 1. The highest BCUT2D eigenvalue weighted by molar-refractivity contribution is 6.08. The van der Waals surface area contributed by atoms with E-state index in [9.17, 15) is 18.8 Å². The molecule has 6 nitrogen and oxygen atoms in total. The molecule has 0 aliphatic carbocycles. The predicted octanol–water partition coefficient (Wildman–Crippen LogP) is 3.84. The molecule has 0 atom stereocenters. The van der Waals surface area contributed by atoms with Crippen LogP contribution in [0.15, 0.2) is 24.4 Å². The summed E-state index contributed by atoms with van der Waals surface area (Å²) in [6, 6.07) is 6.91. The SMILES string of the molecule is Cc1cc(NC(=O)c2c(C)cc(C#N)nc2N2CCCC(F)(F)CC2)ccn1. The van der Waals surface area contributed by atoms with Crippen molar-refractivity contribution in [1.82, 2.24) is 9.97 Å². The van der Waals surface area contributed by atoms with E-state index in [0.717, 1.165) is 5.69 Å². The first-order valence-corrected chi connectivity index (χ1v) is 9.07. The average molecular weight is 385 g/mol. The number of rotatable bonds is 3. The molecule has 2 aromatic rings. The molecular formula is C20H21F2N5O. The van der Waals surface area contributed by atoms with Gasteiger partial charge in [0.25, 0.3) is 5.91 Å². The van der Waals surface area contributed by atoms with Gasteiger partial charge in [-0.15, -0.1) is 0 Å². The van der Waals surface area contributed by atoms with Crippen LogP contribution < -0.4 is 10.2 Å².